The van der Waals surface area contributed by atoms with Gasteiger partial charge in [-0.25, -0.2) is 0 Å². The molecule has 4 heteroatoms. The molecule has 0 unspecified atom stereocenters. The third-order valence-corrected chi connectivity index (χ3v) is 4.44. The number of Topliss-reactive ketones (excluding diaryl/α,β-unsaturated/α-hetero) is 1. The minimum Gasteiger partial charge on any atom is -0.381 e. The molecule has 1 aromatic rings. The van der Waals surface area contributed by atoms with E-state index in [4.69, 9.17) is 4.74 Å². The molecule has 1 saturated heterocycles. The maximum Gasteiger partial charge on any atom is 0.174 e. The summed E-state index contributed by atoms with van der Waals surface area (Å²) in [5.41, 5.74) is 2.89. The van der Waals surface area contributed by atoms with E-state index < -0.39 is 0 Å². The van der Waals surface area contributed by atoms with Crippen LogP contribution in [-0.2, 0) is 4.74 Å². The number of aryl methyl sites for hydroxylation is 2. The van der Waals surface area contributed by atoms with Crippen LogP contribution in [0.2, 0.25) is 0 Å². The van der Waals surface area contributed by atoms with Gasteiger partial charge in [0.05, 0.1) is 5.75 Å². The number of H-pyrrole nitrogens is 1. The van der Waals surface area contributed by atoms with E-state index in [9.17, 15) is 4.79 Å². The van der Waals surface area contributed by atoms with E-state index in [0.29, 0.717) is 11.0 Å². The number of hydrogen-bond donors (Lipinski definition) is 1. The van der Waals surface area contributed by atoms with Crippen LogP contribution in [0.25, 0.3) is 0 Å². The molecule has 94 valence electrons. The molecule has 0 radical (unpaired) electrons. The second-order valence-electron chi connectivity index (χ2n) is 4.54. The summed E-state index contributed by atoms with van der Waals surface area (Å²) in [5, 5.41) is 0.591. The van der Waals surface area contributed by atoms with Crippen LogP contribution in [-0.4, -0.2) is 35.0 Å². The lowest BCUT2D eigenvalue weighted by Crippen LogP contribution is -2.19. The predicted octanol–water partition coefficient (Wildman–Crippen LogP) is 2.73. The Morgan fingerprint density at radius 1 is 1.47 bits per heavy atom. The first-order valence-corrected chi connectivity index (χ1v) is 7.10. The summed E-state index contributed by atoms with van der Waals surface area (Å²) in [4.78, 5) is 15.2. The highest BCUT2D eigenvalue weighted by atomic mass is 32.2. The Labute approximate surface area is 106 Å². The monoisotopic (exact) mass is 253 g/mol. The molecular weight excluding hydrogens is 234 g/mol. The Morgan fingerprint density at radius 2 is 2.18 bits per heavy atom. The quantitative estimate of drug-likeness (QED) is 0.839. The molecule has 1 aromatic heterocycles. The van der Waals surface area contributed by atoms with Crippen molar-refractivity contribution < 1.29 is 9.53 Å². The van der Waals surface area contributed by atoms with Gasteiger partial charge in [-0.3, -0.25) is 4.79 Å². The fourth-order valence-electron chi connectivity index (χ4n) is 2.13. The third-order valence-electron chi connectivity index (χ3n) is 3.07. The zero-order valence-electron chi connectivity index (χ0n) is 10.4. The van der Waals surface area contributed by atoms with Gasteiger partial charge in [-0.05, 0) is 32.8 Å². The molecule has 2 rings (SSSR count). The summed E-state index contributed by atoms with van der Waals surface area (Å²) in [7, 11) is 0. The van der Waals surface area contributed by atoms with E-state index in [0.717, 1.165) is 43.0 Å². The van der Waals surface area contributed by atoms with Crippen LogP contribution < -0.4 is 0 Å². The molecule has 3 nitrogen and oxygen atoms in total. The molecule has 17 heavy (non-hydrogen) atoms. The molecule has 0 spiro atoms. The molecule has 1 fully saturated rings. The number of rotatable bonds is 4. The topological polar surface area (TPSA) is 42.1 Å². The number of thioether (sulfide) groups is 1. The number of ether oxygens (including phenoxy) is 1. The van der Waals surface area contributed by atoms with Gasteiger partial charge >= 0.3 is 0 Å². The average molecular weight is 253 g/mol. The maximum atomic E-state index is 12.0. The Hall–Kier alpha value is -0.740. The van der Waals surface area contributed by atoms with E-state index >= 15 is 0 Å². The van der Waals surface area contributed by atoms with Crippen molar-refractivity contribution in [3.8, 4) is 0 Å². The number of hydrogen-bond acceptors (Lipinski definition) is 3. The van der Waals surface area contributed by atoms with Gasteiger partial charge < -0.3 is 9.72 Å². The molecule has 0 atom stereocenters. The second kappa shape index (κ2) is 5.74. The highest BCUT2D eigenvalue weighted by Crippen LogP contribution is 2.23. The van der Waals surface area contributed by atoms with Crippen molar-refractivity contribution in [2.75, 3.05) is 19.0 Å². The minimum absolute atomic E-state index is 0.239. The van der Waals surface area contributed by atoms with Crippen molar-refractivity contribution >= 4 is 17.5 Å². The first-order chi connectivity index (χ1) is 8.16. The van der Waals surface area contributed by atoms with Crippen LogP contribution >= 0.6 is 11.8 Å². The summed E-state index contributed by atoms with van der Waals surface area (Å²) in [6.45, 7) is 5.62. The van der Waals surface area contributed by atoms with Gasteiger partial charge in [-0.1, -0.05) is 0 Å². The highest BCUT2D eigenvalue weighted by molar-refractivity contribution is 8.00. The zero-order valence-corrected chi connectivity index (χ0v) is 11.2. The van der Waals surface area contributed by atoms with Crippen LogP contribution in [0.4, 0.5) is 0 Å². The number of carbonyl (C=O) groups excluding carboxylic acids is 1. The molecule has 2 heterocycles. The summed E-state index contributed by atoms with van der Waals surface area (Å²) >= 11 is 1.77. The molecule has 0 aliphatic carbocycles. The van der Waals surface area contributed by atoms with Gasteiger partial charge in [0.15, 0.2) is 5.78 Å². The zero-order chi connectivity index (χ0) is 12.3. The largest absolute Gasteiger partial charge is 0.381 e. The number of aromatic nitrogens is 1. The normalized spacial score (nSPS) is 17.3. The molecule has 1 aliphatic rings. The van der Waals surface area contributed by atoms with Crippen LogP contribution in [0, 0.1) is 13.8 Å². The van der Waals surface area contributed by atoms with Crippen LogP contribution in [0.15, 0.2) is 6.07 Å². The smallest absolute Gasteiger partial charge is 0.174 e. The third kappa shape index (κ3) is 3.36. The lowest BCUT2D eigenvalue weighted by atomic mass is 10.2. The minimum atomic E-state index is 0.239. The fourth-order valence-corrected chi connectivity index (χ4v) is 3.20. The summed E-state index contributed by atoms with van der Waals surface area (Å²) in [6, 6.07) is 1.95. The Kier molecular flexibility index (Phi) is 4.29. The van der Waals surface area contributed by atoms with Gasteiger partial charge in [-0.15, -0.1) is 0 Å². The maximum absolute atomic E-state index is 12.0. The summed E-state index contributed by atoms with van der Waals surface area (Å²) in [5.74, 6) is 0.825. The number of aromatic amines is 1. The van der Waals surface area contributed by atoms with Crippen LogP contribution in [0.5, 0.6) is 0 Å². The lowest BCUT2D eigenvalue weighted by molar-refractivity contribution is 0.0988. The Bertz CT molecular complexity index is 394. The lowest BCUT2D eigenvalue weighted by Gasteiger charge is -2.20. The van der Waals surface area contributed by atoms with E-state index in [2.05, 4.69) is 4.98 Å². The second-order valence-corrected chi connectivity index (χ2v) is 5.83. The van der Waals surface area contributed by atoms with Gasteiger partial charge in [-0.2, -0.15) is 11.8 Å². The predicted molar refractivity (Wildman–Crippen MR) is 70.9 cm³/mol. The summed E-state index contributed by atoms with van der Waals surface area (Å²) in [6.07, 6.45) is 2.15. The molecule has 0 aromatic carbocycles. The van der Waals surface area contributed by atoms with Crippen molar-refractivity contribution in [2.45, 2.75) is 31.9 Å². The Morgan fingerprint density at radius 3 is 2.76 bits per heavy atom. The van der Waals surface area contributed by atoms with E-state index in [1.807, 2.05) is 19.9 Å². The molecule has 1 aliphatic heterocycles. The van der Waals surface area contributed by atoms with Crippen molar-refractivity contribution in [1.82, 2.24) is 4.98 Å². The van der Waals surface area contributed by atoms with Crippen molar-refractivity contribution in [3.63, 3.8) is 0 Å². The van der Waals surface area contributed by atoms with Crippen molar-refractivity contribution in [1.29, 1.82) is 0 Å². The fraction of sp³-hybridized carbons (Fsp3) is 0.615. The van der Waals surface area contributed by atoms with Crippen LogP contribution in [0.1, 0.15) is 34.6 Å². The van der Waals surface area contributed by atoms with Crippen molar-refractivity contribution in [3.05, 3.63) is 23.0 Å². The molecule has 0 bridgehead atoms. The first kappa shape index (κ1) is 12.7. The molecule has 1 N–H and O–H groups in total. The van der Waals surface area contributed by atoms with Crippen molar-refractivity contribution in [2.24, 2.45) is 0 Å². The molecule has 0 amide bonds. The number of ketones is 1. The number of carbonyl (C=O) groups is 1. The highest BCUT2D eigenvalue weighted by Gasteiger charge is 2.17. The molecule has 0 saturated carbocycles. The molecular formula is C13H19NO2S. The standard InChI is InChI=1S/C13H19NO2S/c1-9-7-12(10(2)14-9)13(15)8-17-11-3-5-16-6-4-11/h7,11,14H,3-6,8H2,1-2H3. The van der Waals surface area contributed by atoms with E-state index in [-0.39, 0.29) is 5.78 Å². The Balaban J connectivity index is 1.86. The SMILES string of the molecule is Cc1cc(C(=O)CSC2CCOCC2)c(C)[nH]1. The number of nitrogens with one attached hydrogen (secondary N) is 1. The van der Waals surface area contributed by atoms with Crippen LogP contribution in [0.3, 0.4) is 0 Å². The first-order valence-electron chi connectivity index (χ1n) is 6.05. The van der Waals surface area contributed by atoms with Gasteiger partial charge in [0.2, 0.25) is 0 Å². The summed E-state index contributed by atoms with van der Waals surface area (Å²) < 4.78 is 5.31. The van der Waals surface area contributed by atoms with Gasteiger partial charge in [0, 0.05) is 35.4 Å². The van der Waals surface area contributed by atoms with Gasteiger partial charge in [0.25, 0.3) is 0 Å². The van der Waals surface area contributed by atoms with E-state index in [1.165, 1.54) is 0 Å². The average Bonchev–Trinajstić information content (AvgIpc) is 2.67. The van der Waals surface area contributed by atoms with Gasteiger partial charge in [0.1, 0.15) is 0 Å². The van der Waals surface area contributed by atoms with E-state index in [1.54, 1.807) is 11.8 Å².